The number of hydrogen-bond acceptors (Lipinski definition) is 3. The molecule has 1 aromatic carbocycles. The Morgan fingerprint density at radius 2 is 1.88 bits per heavy atom. The van der Waals surface area contributed by atoms with Crippen molar-refractivity contribution in [2.24, 2.45) is 0 Å². The summed E-state index contributed by atoms with van der Waals surface area (Å²) in [6.07, 6.45) is 13.0. The van der Waals surface area contributed by atoms with Crippen molar-refractivity contribution < 1.29 is 4.79 Å². The molecule has 4 nitrogen and oxygen atoms in total. The van der Waals surface area contributed by atoms with Gasteiger partial charge in [-0.3, -0.25) is 4.79 Å². The minimum absolute atomic E-state index is 0.116. The summed E-state index contributed by atoms with van der Waals surface area (Å²) in [6.45, 7) is 4.49. The number of rotatable bonds is 7. The Hall–Kier alpha value is -2.07. The van der Waals surface area contributed by atoms with Crippen LogP contribution < -0.4 is 10.6 Å². The smallest absolute Gasteiger partial charge is 0.224 e. The molecule has 1 aromatic rings. The molecule has 0 aromatic heterocycles. The number of benzene rings is 1. The lowest BCUT2D eigenvalue weighted by Crippen LogP contribution is -2.30. The molecule has 2 aliphatic rings. The molecule has 4 heteroatoms. The number of anilines is 1. The highest BCUT2D eigenvalue weighted by molar-refractivity contribution is 5.91. The molecule has 2 aliphatic heterocycles. The first-order valence-corrected chi connectivity index (χ1v) is 9.54. The second kappa shape index (κ2) is 9.42. The molecule has 0 atom stereocenters. The second-order valence-electron chi connectivity index (χ2n) is 6.90. The first-order chi connectivity index (χ1) is 12.3. The molecule has 0 radical (unpaired) electrons. The lowest BCUT2D eigenvalue weighted by atomic mass is 10.0. The van der Waals surface area contributed by atoms with E-state index >= 15 is 0 Å². The minimum atomic E-state index is 0.116. The maximum absolute atomic E-state index is 12.1. The Morgan fingerprint density at radius 1 is 1.08 bits per heavy atom. The van der Waals surface area contributed by atoms with E-state index in [-0.39, 0.29) is 5.91 Å². The molecule has 2 N–H and O–H groups in total. The van der Waals surface area contributed by atoms with E-state index in [0.717, 1.165) is 37.2 Å². The van der Waals surface area contributed by atoms with Crippen molar-refractivity contribution in [3.05, 3.63) is 48.2 Å². The second-order valence-corrected chi connectivity index (χ2v) is 6.90. The van der Waals surface area contributed by atoms with Gasteiger partial charge in [0, 0.05) is 24.9 Å². The van der Waals surface area contributed by atoms with Crippen LogP contribution in [0.2, 0.25) is 0 Å². The fourth-order valence-electron chi connectivity index (χ4n) is 3.42. The van der Waals surface area contributed by atoms with Crippen LogP contribution in [-0.2, 0) is 4.79 Å². The van der Waals surface area contributed by atoms with E-state index < -0.39 is 0 Å². The van der Waals surface area contributed by atoms with Gasteiger partial charge in [0.25, 0.3) is 0 Å². The molecule has 0 bridgehead atoms. The summed E-state index contributed by atoms with van der Waals surface area (Å²) in [6, 6.07) is 8.05. The lowest BCUT2D eigenvalue weighted by Gasteiger charge is -2.26. The van der Waals surface area contributed by atoms with Crippen molar-refractivity contribution in [1.29, 1.82) is 0 Å². The number of nitrogens with zero attached hydrogens (tertiary/aromatic N) is 1. The zero-order chi connectivity index (χ0) is 17.3. The van der Waals surface area contributed by atoms with E-state index in [9.17, 15) is 4.79 Å². The van der Waals surface area contributed by atoms with Crippen LogP contribution in [0.5, 0.6) is 0 Å². The van der Waals surface area contributed by atoms with Crippen molar-refractivity contribution in [2.45, 2.75) is 38.5 Å². The van der Waals surface area contributed by atoms with Gasteiger partial charge in [0.2, 0.25) is 5.91 Å². The summed E-state index contributed by atoms with van der Waals surface area (Å²) in [5.41, 5.74) is 3.20. The number of amides is 1. The van der Waals surface area contributed by atoms with Gasteiger partial charge in [-0.1, -0.05) is 30.7 Å². The molecular formula is C21H29N3O. The zero-order valence-electron chi connectivity index (χ0n) is 15.0. The maximum Gasteiger partial charge on any atom is 0.224 e. The summed E-state index contributed by atoms with van der Waals surface area (Å²) in [4.78, 5) is 14.6. The van der Waals surface area contributed by atoms with Gasteiger partial charge >= 0.3 is 0 Å². The summed E-state index contributed by atoms with van der Waals surface area (Å²) >= 11 is 0. The number of carbonyl (C=O) groups excluding carboxylic acids is 1. The molecular weight excluding hydrogens is 310 g/mol. The average molecular weight is 339 g/mol. The summed E-state index contributed by atoms with van der Waals surface area (Å²) in [5, 5.41) is 6.22. The van der Waals surface area contributed by atoms with Crippen LogP contribution in [0.4, 0.5) is 5.69 Å². The van der Waals surface area contributed by atoms with Crippen molar-refractivity contribution in [3.8, 4) is 0 Å². The number of piperidine rings is 1. The predicted molar refractivity (Wildman–Crippen MR) is 104 cm³/mol. The molecule has 1 saturated heterocycles. The van der Waals surface area contributed by atoms with E-state index in [1.165, 1.54) is 37.9 Å². The van der Waals surface area contributed by atoms with Crippen molar-refractivity contribution in [1.82, 2.24) is 10.2 Å². The minimum Gasteiger partial charge on any atom is -0.387 e. The highest BCUT2D eigenvalue weighted by atomic mass is 16.1. The van der Waals surface area contributed by atoms with Crippen LogP contribution in [0.1, 0.15) is 44.1 Å². The van der Waals surface area contributed by atoms with E-state index in [2.05, 4.69) is 39.8 Å². The van der Waals surface area contributed by atoms with E-state index in [4.69, 9.17) is 0 Å². The Kier molecular flexibility index (Phi) is 6.69. The summed E-state index contributed by atoms with van der Waals surface area (Å²) in [5.74, 6) is 0.116. The Morgan fingerprint density at radius 3 is 2.60 bits per heavy atom. The van der Waals surface area contributed by atoms with Gasteiger partial charge in [0.15, 0.2) is 0 Å². The van der Waals surface area contributed by atoms with Gasteiger partial charge in [-0.2, -0.15) is 0 Å². The number of dihydropyridines is 1. The van der Waals surface area contributed by atoms with Crippen molar-refractivity contribution >= 4 is 17.2 Å². The van der Waals surface area contributed by atoms with Crippen molar-refractivity contribution in [3.63, 3.8) is 0 Å². The number of carbonyl (C=O) groups is 1. The quantitative estimate of drug-likeness (QED) is 0.743. The van der Waals surface area contributed by atoms with Crippen LogP contribution in [0.25, 0.3) is 5.57 Å². The van der Waals surface area contributed by atoms with Crippen molar-refractivity contribution in [2.75, 3.05) is 31.5 Å². The summed E-state index contributed by atoms with van der Waals surface area (Å²) < 4.78 is 0. The third-order valence-corrected chi connectivity index (χ3v) is 4.87. The van der Waals surface area contributed by atoms with Crippen LogP contribution in [0.3, 0.4) is 0 Å². The average Bonchev–Trinajstić information content (AvgIpc) is 2.67. The van der Waals surface area contributed by atoms with Gasteiger partial charge in [-0.25, -0.2) is 0 Å². The van der Waals surface area contributed by atoms with E-state index in [1.54, 1.807) is 0 Å². The number of nitrogens with one attached hydrogen (secondary N) is 2. The molecule has 0 unspecified atom stereocenters. The van der Waals surface area contributed by atoms with E-state index in [1.807, 2.05) is 18.3 Å². The van der Waals surface area contributed by atoms with Gasteiger partial charge in [-0.05, 0) is 68.6 Å². The molecule has 0 spiro atoms. The molecule has 2 heterocycles. The molecule has 1 amide bonds. The zero-order valence-corrected chi connectivity index (χ0v) is 15.0. The first kappa shape index (κ1) is 17.7. The molecule has 1 fully saturated rings. The fourth-order valence-corrected chi connectivity index (χ4v) is 3.42. The molecule has 0 aliphatic carbocycles. The Labute approximate surface area is 151 Å². The molecule has 25 heavy (non-hydrogen) atoms. The number of allylic oxidation sites excluding steroid dienone is 2. The van der Waals surface area contributed by atoms with Crippen LogP contribution in [0.15, 0.2) is 42.6 Å². The highest BCUT2D eigenvalue weighted by Crippen LogP contribution is 2.19. The molecule has 134 valence electrons. The standard InChI is InChI=1S/C21H29N3O/c25-21(8-2-5-16-24-14-3-1-4-15-24)23-20-11-9-18(10-12-20)19-7-6-13-22-17-19/h6-7,9-12,17,22H,1-5,8,13-16H2,(H,23,25). The SMILES string of the molecule is O=C(CCCCN1CCCCC1)Nc1ccc(C2=CNCC=C2)cc1. The molecule has 0 saturated carbocycles. The largest absolute Gasteiger partial charge is 0.387 e. The van der Waals surface area contributed by atoms with E-state index in [0.29, 0.717) is 6.42 Å². The van der Waals surface area contributed by atoms with Gasteiger partial charge in [-0.15, -0.1) is 0 Å². The van der Waals surface area contributed by atoms with Crippen LogP contribution in [0, 0.1) is 0 Å². The highest BCUT2D eigenvalue weighted by Gasteiger charge is 2.10. The fraction of sp³-hybridized carbons (Fsp3) is 0.476. The maximum atomic E-state index is 12.1. The lowest BCUT2D eigenvalue weighted by molar-refractivity contribution is -0.116. The molecule has 3 rings (SSSR count). The number of likely N-dealkylation sites (tertiary alicyclic amines) is 1. The Balaban J connectivity index is 1.37. The normalized spacial score (nSPS) is 17.7. The topological polar surface area (TPSA) is 44.4 Å². The van der Waals surface area contributed by atoms with Gasteiger partial charge < -0.3 is 15.5 Å². The Bertz CT molecular complexity index is 613. The van der Waals surface area contributed by atoms with Gasteiger partial charge in [0.05, 0.1) is 0 Å². The van der Waals surface area contributed by atoms with Gasteiger partial charge in [0.1, 0.15) is 0 Å². The monoisotopic (exact) mass is 339 g/mol. The number of hydrogen-bond donors (Lipinski definition) is 2. The summed E-state index contributed by atoms with van der Waals surface area (Å²) in [7, 11) is 0. The third kappa shape index (κ3) is 5.75. The first-order valence-electron chi connectivity index (χ1n) is 9.54. The van der Waals surface area contributed by atoms with Crippen LogP contribution in [-0.4, -0.2) is 37.0 Å². The number of unbranched alkanes of at least 4 members (excludes halogenated alkanes) is 1. The van der Waals surface area contributed by atoms with Crippen LogP contribution >= 0.6 is 0 Å². The third-order valence-electron chi connectivity index (χ3n) is 4.87. The predicted octanol–water partition coefficient (Wildman–Crippen LogP) is 3.78.